The van der Waals surface area contributed by atoms with E-state index in [4.69, 9.17) is 0 Å². The Morgan fingerprint density at radius 3 is 2.46 bits per heavy atom. The summed E-state index contributed by atoms with van der Waals surface area (Å²) in [4.78, 5) is 2.96. The van der Waals surface area contributed by atoms with Gasteiger partial charge in [-0.05, 0) is 31.4 Å². The Morgan fingerprint density at radius 1 is 1.46 bits per heavy atom. The molecule has 3 nitrogen and oxygen atoms in total. The third-order valence-electron chi connectivity index (χ3n) is 2.03. The van der Waals surface area contributed by atoms with Crippen molar-refractivity contribution in [2.45, 2.75) is 20.3 Å². The third-order valence-corrected chi connectivity index (χ3v) is 2.72. The van der Waals surface area contributed by atoms with Gasteiger partial charge in [0, 0.05) is 11.9 Å². The zero-order valence-corrected chi connectivity index (χ0v) is 8.41. The van der Waals surface area contributed by atoms with E-state index in [1.807, 2.05) is 13.8 Å². The molecule has 0 amide bonds. The van der Waals surface area contributed by atoms with Crippen LogP contribution >= 0.6 is 0 Å². The van der Waals surface area contributed by atoms with Gasteiger partial charge in [-0.2, -0.15) is 8.42 Å². The van der Waals surface area contributed by atoms with E-state index in [1.165, 1.54) is 0 Å². The molecule has 13 heavy (non-hydrogen) atoms. The number of nitrogens with one attached hydrogen (secondary N) is 1. The lowest BCUT2D eigenvalue weighted by Crippen LogP contribution is -2.03. The number of H-pyrrole nitrogens is 1. The van der Waals surface area contributed by atoms with E-state index in [0.717, 1.165) is 16.8 Å². The maximum atomic E-state index is 12.2. The average molecular weight is 205 g/mol. The number of rotatable bonds is 3. The molecular formula is C8H12FNO2S. The minimum atomic E-state index is -4.35. The topological polar surface area (TPSA) is 49.9 Å². The molecule has 1 rings (SSSR count). The van der Waals surface area contributed by atoms with Crippen molar-refractivity contribution in [3.8, 4) is 0 Å². The first-order chi connectivity index (χ1) is 5.90. The Labute approximate surface area is 77.2 Å². The summed E-state index contributed by atoms with van der Waals surface area (Å²) in [6.07, 6.45) is 2.02. The maximum absolute atomic E-state index is 12.2. The van der Waals surface area contributed by atoms with Crippen LogP contribution in [0.2, 0.25) is 0 Å². The summed E-state index contributed by atoms with van der Waals surface area (Å²) in [5, 5.41) is 0. The summed E-state index contributed by atoms with van der Waals surface area (Å²) >= 11 is 0. The first kappa shape index (κ1) is 10.2. The smallest absolute Gasteiger partial charge is 0.302 e. The fraction of sp³-hybridized carbons (Fsp3) is 0.500. The molecule has 0 radical (unpaired) electrons. The minimum Gasteiger partial charge on any atom is -0.365 e. The second-order valence-corrected chi connectivity index (χ2v) is 4.55. The number of halogens is 1. The van der Waals surface area contributed by atoms with E-state index in [2.05, 4.69) is 4.98 Å². The van der Waals surface area contributed by atoms with Crippen LogP contribution in [0.1, 0.15) is 16.8 Å². The van der Waals surface area contributed by atoms with Gasteiger partial charge < -0.3 is 4.98 Å². The van der Waals surface area contributed by atoms with Crippen LogP contribution in [0.4, 0.5) is 3.89 Å². The van der Waals surface area contributed by atoms with Crippen LogP contribution in [-0.2, 0) is 16.6 Å². The largest absolute Gasteiger partial charge is 0.365 e. The first-order valence-electron chi connectivity index (χ1n) is 3.96. The summed E-state index contributed by atoms with van der Waals surface area (Å²) in [6.45, 7) is 3.71. The normalized spacial score (nSPS) is 11.9. The number of aromatic nitrogens is 1. The van der Waals surface area contributed by atoms with E-state index in [0.29, 0.717) is 0 Å². The molecule has 0 spiro atoms. The Morgan fingerprint density at radius 2 is 2.08 bits per heavy atom. The second-order valence-electron chi connectivity index (χ2n) is 3.07. The van der Waals surface area contributed by atoms with Crippen molar-refractivity contribution in [3.05, 3.63) is 23.0 Å². The summed E-state index contributed by atoms with van der Waals surface area (Å²) in [5.74, 6) is -0.438. The molecule has 5 heteroatoms. The van der Waals surface area contributed by atoms with Gasteiger partial charge in [0.25, 0.3) is 0 Å². The molecule has 0 aliphatic heterocycles. The molecule has 0 unspecified atom stereocenters. The number of hydrogen-bond acceptors (Lipinski definition) is 2. The predicted octanol–water partition coefficient (Wildman–Crippen LogP) is 1.47. The van der Waals surface area contributed by atoms with Crippen molar-refractivity contribution >= 4 is 10.2 Å². The lowest BCUT2D eigenvalue weighted by Gasteiger charge is -1.98. The van der Waals surface area contributed by atoms with Crippen LogP contribution in [0.3, 0.4) is 0 Å². The Balaban J connectivity index is 2.75. The van der Waals surface area contributed by atoms with Crippen molar-refractivity contribution in [2.75, 3.05) is 5.75 Å². The lowest BCUT2D eigenvalue weighted by atomic mass is 10.1. The predicted molar refractivity (Wildman–Crippen MR) is 48.9 cm³/mol. The van der Waals surface area contributed by atoms with E-state index in [-0.39, 0.29) is 6.42 Å². The van der Waals surface area contributed by atoms with E-state index >= 15 is 0 Å². The molecule has 74 valence electrons. The number of hydrogen-bond donors (Lipinski definition) is 1. The molecule has 0 saturated carbocycles. The monoisotopic (exact) mass is 205 g/mol. The highest BCUT2D eigenvalue weighted by Crippen LogP contribution is 2.13. The van der Waals surface area contributed by atoms with Gasteiger partial charge in [-0.25, -0.2) is 0 Å². The van der Waals surface area contributed by atoms with E-state index in [1.54, 1.807) is 6.20 Å². The molecule has 0 aromatic carbocycles. The lowest BCUT2D eigenvalue weighted by molar-refractivity contribution is 0.551. The van der Waals surface area contributed by atoms with Crippen LogP contribution in [0, 0.1) is 13.8 Å². The Hall–Kier alpha value is -0.840. The van der Waals surface area contributed by atoms with Crippen LogP contribution in [0.5, 0.6) is 0 Å². The average Bonchev–Trinajstić information content (AvgIpc) is 2.27. The van der Waals surface area contributed by atoms with Crippen molar-refractivity contribution in [1.29, 1.82) is 0 Å². The van der Waals surface area contributed by atoms with Crippen molar-refractivity contribution in [2.24, 2.45) is 0 Å². The van der Waals surface area contributed by atoms with E-state index in [9.17, 15) is 12.3 Å². The molecule has 0 fully saturated rings. The van der Waals surface area contributed by atoms with Crippen LogP contribution in [0.25, 0.3) is 0 Å². The number of aryl methyl sites for hydroxylation is 2. The fourth-order valence-corrected chi connectivity index (χ4v) is 1.74. The highest BCUT2D eigenvalue weighted by Gasteiger charge is 2.11. The zero-order valence-electron chi connectivity index (χ0n) is 7.59. The van der Waals surface area contributed by atoms with E-state index < -0.39 is 16.0 Å². The minimum absolute atomic E-state index is 0.236. The third kappa shape index (κ3) is 2.84. The zero-order chi connectivity index (χ0) is 10.1. The van der Waals surface area contributed by atoms with Gasteiger partial charge in [0.15, 0.2) is 0 Å². The van der Waals surface area contributed by atoms with Crippen molar-refractivity contribution in [3.63, 3.8) is 0 Å². The standard InChI is InChI=1S/C8H12FNO2S/c1-6-5-10-7(2)8(6)3-4-13(9,11)12/h5,10H,3-4H2,1-2H3. The summed E-state index contributed by atoms with van der Waals surface area (Å²) in [6, 6.07) is 0. The Bertz CT molecular complexity index is 375. The van der Waals surface area contributed by atoms with Crippen LogP contribution in [-0.4, -0.2) is 19.2 Å². The van der Waals surface area contributed by atoms with Gasteiger partial charge in [-0.1, -0.05) is 0 Å². The van der Waals surface area contributed by atoms with Gasteiger partial charge in [-0.3, -0.25) is 0 Å². The van der Waals surface area contributed by atoms with Crippen LogP contribution in [0.15, 0.2) is 6.20 Å². The molecule has 0 bridgehead atoms. The SMILES string of the molecule is Cc1c[nH]c(C)c1CCS(=O)(=O)F. The van der Waals surface area contributed by atoms with Gasteiger partial charge in [-0.15, -0.1) is 3.89 Å². The Kier molecular flexibility index (Phi) is 2.75. The molecule has 0 aliphatic rings. The molecule has 0 atom stereocenters. The highest BCUT2D eigenvalue weighted by molar-refractivity contribution is 7.86. The molecule has 1 N–H and O–H groups in total. The van der Waals surface area contributed by atoms with Gasteiger partial charge >= 0.3 is 10.2 Å². The van der Waals surface area contributed by atoms with Crippen LogP contribution < -0.4 is 0 Å². The van der Waals surface area contributed by atoms with Gasteiger partial charge in [0.2, 0.25) is 0 Å². The summed E-state index contributed by atoms with van der Waals surface area (Å²) < 4.78 is 32.8. The molecule has 1 aromatic rings. The summed E-state index contributed by atoms with van der Waals surface area (Å²) in [5.41, 5.74) is 2.77. The summed E-state index contributed by atoms with van der Waals surface area (Å²) in [7, 11) is -4.35. The molecule has 0 saturated heterocycles. The quantitative estimate of drug-likeness (QED) is 0.760. The number of aromatic amines is 1. The second kappa shape index (κ2) is 3.49. The maximum Gasteiger partial charge on any atom is 0.302 e. The van der Waals surface area contributed by atoms with Gasteiger partial charge in [0.05, 0.1) is 5.75 Å². The van der Waals surface area contributed by atoms with Crippen molar-refractivity contribution in [1.82, 2.24) is 4.98 Å². The highest BCUT2D eigenvalue weighted by atomic mass is 32.3. The van der Waals surface area contributed by atoms with Crippen molar-refractivity contribution < 1.29 is 12.3 Å². The molecule has 1 aromatic heterocycles. The molecule has 0 aliphatic carbocycles. The molecule has 1 heterocycles. The van der Waals surface area contributed by atoms with Gasteiger partial charge in [0.1, 0.15) is 0 Å². The molecular weight excluding hydrogens is 193 g/mol. The fourth-order valence-electron chi connectivity index (χ4n) is 1.30. The first-order valence-corrected chi connectivity index (χ1v) is 5.51.